The second-order valence-electron chi connectivity index (χ2n) is 9.27. The van der Waals surface area contributed by atoms with Crippen LogP contribution in [0.3, 0.4) is 0 Å². The van der Waals surface area contributed by atoms with Crippen LogP contribution in [-0.2, 0) is 24.1 Å². The molecule has 4 aromatic rings. The molecule has 0 aliphatic carbocycles. The predicted molar refractivity (Wildman–Crippen MR) is 155 cm³/mol. The first-order valence-corrected chi connectivity index (χ1v) is 15.1. The summed E-state index contributed by atoms with van der Waals surface area (Å²) in [6.07, 6.45) is 6.82. The number of imidazole rings is 1. The molecule has 11 heteroatoms. The number of nitrogens with one attached hydrogen (secondary N) is 2. The molecule has 2 heterocycles. The Bertz CT molecular complexity index is 1410. The van der Waals surface area contributed by atoms with Gasteiger partial charge in [-0.15, -0.1) is 11.3 Å². The number of nitrogens with zero attached hydrogens (tertiary/aromatic N) is 2. The summed E-state index contributed by atoms with van der Waals surface area (Å²) in [4.78, 5) is 37.2. The number of hydrogen-bond donors (Lipinski definition) is 3. The number of carboxylic acids is 1. The van der Waals surface area contributed by atoms with Gasteiger partial charge in [-0.25, -0.2) is 19.2 Å². The average molecular weight is 583 g/mol. The number of carbonyl (C=O) groups excluding carboxylic acids is 1. The van der Waals surface area contributed by atoms with Gasteiger partial charge in [0.05, 0.1) is 0 Å². The van der Waals surface area contributed by atoms with Gasteiger partial charge >= 0.3 is 5.97 Å². The van der Waals surface area contributed by atoms with Crippen molar-refractivity contribution in [2.75, 3.05) is 12.0 Å². The Hall–Kier alpha value is -3.70. The molecule has 0 bridgehead atoms. The van der Waals surface area contributed by atoms with Gasteiger partial charge in [-0.1, -0.05) is 18.2 Å². The quantitative estimate of drug-likeness (QED) is 0.182. The number of aromatic amines is 1. The number of aliphatic carboxylic acids is 1. The van der Waals surface area contributed by atoms with E-state index in [1.165, 1.54) is 35.2 Å². The van der Waals surface area contributed by atoms with Gasteiger partial charge in [0.25, 0.3) is 5.91 Å². The number of thiazole rings is 1. The van der Waals surface area contributed by atoms with Gasteiger partial charge in [0.1, 0.15) is 28.4 Å². The number of carbonyl (C=O) groups is 2. The van der Waals surface area contributed by atoms with Gasteiger partial charge in [0.15, 0.2) is 6.10 Å². The molecule has 0 fully saturated rings. The Morgan fingerprint density at radius 3 is 2.62 bits per heavy atom. The van der Waals surface area contributed by atoms with Crippen LogP contribution in [0.4, 0.5) is 4.39 Å². The second kappa shape index (κ2) is 14.1. The first kappa shape index (κ1) is 29.3. The zero-order valence-corrected chi connectivity index (χ0v) is 23.9. The normalized spacial score (nSPS) is 12.6. The number of rotatable bonds is 14. The largest absolute Gasteiger partial charge is 0.483 e. The molecule has 4 rings (SSSR count). The number of carboxylic acid groups (broad SMARTS) is 1. The van der Waals surface area contributed by atoms with Crippen molar-refractivity contribution in [1.29, 1.82) is 0 Å². The number of halogens is 1. The van der Waals surface area contributed by atoms with E-state index in [0.717, 1.165) is 27.7 Å². The zero-order valence-electron chi connectivity index (χ0n) is 22.2. The first-order valence-electron chi connectivity index (χ1n) is 12.8. The zero-order chi connectivity index (χ0) is 28.5. The Morgan fingerprint density at radius 1 is 1.18 bits per heavy atom. The van der Waals surface area contributed by atoms with Gasteiger partial charge in [-0.2, -0.15) is 11.8 Å². The topological polar surface area (TPSA) is 117 Å². The number of hydrogen-bond acceptors (Lipinski definition) is 7. The summed E-state index contributed by atoms with van der Waals surface area (Å²) in [5.41, 5.74) is 2.89. The third-order valence-electron chi connectivity index (χ3n) is 6.30. The van der Waals surface area contributed by atoms with Crippen LogP contribution in [-0.4, -0.2) is 50.0 Å². The molecule has 0 aliphatic rings. The Balaban J connectivity index is 1.61. The Labute approximate surface area is 240 Å². The first-order chi connectivity index (χ1) is 19.3. The lowest BCUT2D eigenvalue weighted by Crippen LogP contribution is -2.41. The van der Waals surface area contributed by atoms with Crippen LogP contribution in [0.1, 0.15) is 50.5 Å². The molecule has 0 spiro atoms. The van der Waals surface area contributed by atoms with Crippen molar-refractivity contribution in [3.8, 4) is 5.75 Å². The highest BCUT2D eigenvalue weighted by atomic mass is 32.2. The van der Waals surface area contributed by atoms with Gasteiger partial charge in [-0.05, 0) is 73.6 Å². The van der Waals surface area contributed by atoms with Crippen molar-refractivity contribution in [3.05, 3.63) is 99.3 Å². The van der Waals surface area contributed by atoms with Crippen LogP contribution in [0.15, 0.2) is 60.2 Å². The van der Waals surface area contributed by atoms with E-state index in [2.05, 4.69) is 20.3 Å². The smallest absolute Gasteiger partial charge is 0.326 e. The molecule has 2 atom stereocenters. The van der Waals surface area contributed by atoms with Gasteiger partial charge in [0, 0.05) is 35.5 Å². The minimum atomic E-state index is -1.08. The van der Waals surface area contributed by atoms with Crippen LogP contribution in [0.5, 0.6) is 5.75 Å². The predicted octanol–water partition coefficient (Wildman–Crippen LogP) is 5.40. The molecule has 40 heavy (non-hydrogen) atoms. The van der Waals surface area contributed by atoms with E-state index < -0.39 is 24.0 Å². The molecule has 1 unspecified atom stereocenters. The SMILES string of the molecule is CSCC[C@H](NC(=O)c1cc(OC(Cc2cnc(C)[nH]2)c2nccs2)ccc1CCc1ccc(F)cc1)C(=O)O. The molecule has 0 saturated heterocycles. The van der Waals surface area contributed by atoms with Crippen molar-refractivity contribution in [1.82, 2.24) is 20.3 Å². The van der Waals surface area contributed by atoms with Gasteiger partial charge in [0.2, 0.25) is 0 Å². The number of H-pyrrole nitrogens is 1. The number of aromatic nitrogens is 3. The highest BCUT2D eigenvalue weighted by Crippen LogP contribution is 2.29. The van der Waals surface area contributed by atoms with Crippen molar-refractivity contribution < 1.29 is 23.8 Å². The molecule has 210 valence electrons. The lowest BCUT2D eigenvalue weighted by Gasteiger charge is -2.19. The number of amides is 1. The maximum Gasteiger partial charge on any atom is 0.326 e. The van der Waals surface area contributed by atoms with Crippen LogP contribution in [0.2, 0.25) is 0 Å². The highest BCUT2D eigenvalue weighted by molar-refractivity contribution is 7.98. The van der Waals surface area contributed by atoms with Crippen LogP contribution >= 0.6 is 23.1 Å². The summed E-state index contributed by atoms with van der Waals surface area (Å²) in [6.45, 7) is 1.88. The van der Waals surface area contributed by atoms with E-state index in [1.807, 2.05) is 24.6 Å². The van der Waals surface area contributed by atoms with Crippen LogP contribution in [0, 0.1) is 12.7 Å². The fourth-order valence-electron chi connectivity index (χ4n) is 4.23. The number of benzene rings is 2. The standard InChI is InChI=1S/C29H31FN4O4S2/c1-18-32-17-22(33-18)15-26(28-31-12-14-40-28)38-23-10-7-20(6-3-19-4-8-21(30)9-5-19)24(16-23)27(35)34-25(29(36)37)11-13-39-2/h4-5,7-10,12,14,16-17,25-26H,3,6,11,13,15H2,1-2H3,(H,32,33)(H,34,35)(H,36,37)/t25-,26?/m0/s1. The highest BCUT2D eigenvalue weighted by Gasteiger charge is 2.24. The van der Waals surface area contributed by atoms with Crippen LogP contribution < -0.4 is 10.1 Å². The molecule has 0 radical (unpaired) electrons. The lowest BCUT2D eigenvalue weighted by atomic mass is 9.98. The molecule has 8 nitrogen and oxygen atoms in total. The maximum absolute atomic E-state index is 13.5. The fourth-order valence-corrected chi connectivity index (χ4v) is 5.37. The molecular weight excluding hydrogens is 551 g/mol. The van der Waals surface area contributed by atoms with E-state index in [-0.39, 0.29) is 5.82 Å². The summed E-state index contributed by atoms with van der Waals surface area (Å²) in [5, 5.41) is 15.0. The van der Waals surface area contributed by atoms with Crippen molar-refractivity contribution in [2.45, 2.75) is 44.8 Å². The number of aryl methyl sites for hydroxylation is 3. The lowest BCUT2D eigenvalue weighted by molar-refractivity contribution is -0.139. The van der Waals surface area contributed by atoms with Gasteiger partial charge in [-0.3, -0.25) is 4.79 Å². The third kappa shape index (κ3) is 8.15. The van der Waals surface area contributed by atoms with E-state index in [9.17, 15) is 19.1 Å². The number of thioether (sulfide) groups is 1. The molecule has 2 aromatic heterocycles. The molecular formula is C29H31FN4O4S2. The van der Waals surface area contributed by atoms with E-state index >= 15 is 0 Å². The summed E-state index contributed by atoms with van der Waals surface area (Å²) >= 11 is 2.99. The third-order valence-corrected chi connectivity index (χ3v) is 7.81. The maximum atomic E-state index is 13.5. The fraction of sp³-hybridized carbons (Fsp3) is 0.310. The van der Waals surface area contributed by atoms with Crippen molar-refractivity contribution >= 4 is 35.0 Å². The minimum absolute atomic E-state index is 0.305. The summed E-state index contributed by atoms with van der Waals surface area (Å²) in [7, 11) is 0. The Morgan fingerprint density at radius 2 is 1.98 bits per heavy atom. The average Bonchev–Trinajstić information content (AvgIpc) is 3.62. The van der Waals surface area contributed by atoms with E-state index in [0.29, 0.717) is 42.7 Å². The summed E-state index contributed by atoms with van der Waals surface area (Å²) < 4.78 is 19.7. The van der Waals surface area contributed by atoms with Gasteiger partial charge < -0.3 is 20.1 Å². The Kier molecular flexibility index (Phi) is 10.3. The monoisotopic (exact) mass is 582 g/mol. The molecule has 0 saturated carbocycles. The molecule has 1 amide bonds. The minimum Gasteiger partial charge on any atom is -0.483 e. The number of ether oxygens (including phenoxy) is 1. The van der Waals surface area contributed by atoms with Crippen LogP contribution in [0.25, 0.3) is 0 Å². The summed E-state index contributed by atoms with van der Waals surface area (Å²) in [5.74, 6) is -0.0184. The second-order valence-corrected chi connectivity index (χ2v) is 11.2. The summed E-state index contributed by atoms with van der Waals surface area (Å²) in [6, 6.07) is 10.5. The van der Waals surface area contributed by atoms with Crippen molar-refractivity contribution in [2.24, 2.45) is 0 Å². The van der Waals surface area contributed by atoms with Crippen molar-refractivity contribution in [3.63, 3.8) is 0 Å². The molecule has 0 aliphatic heterocycles. The molecule has 2 aromatic carbocycles. The van der Waals surface area contributed by atoms with E-state index in [4.69, 9.17) is 4.74 Å². The van der Waals surface area contributed by atoms with E-state index in [1.54, 1.807) is 36.7 Å². The molecule has 3 N–H and O–H groups in total.